The molecule has 1 N–H and O–H groups in total. The second kappa shape index (κ2) is 2.57. The van der Waals surface area contributed by atoms with Gasteiger partial charge in [0, 0.05) is 5.69 Å². The first-order chi connectivity index (χ1) is 4.75. The summed E-state index contributed by atoms with van der Waals surface area (Å²) in [5.41, 5.74) is 3.06. The van der Waals surface area contributed by atoms with E-state index in [0.29, 0.717) is 0 Å². The number of hydrogen-bond acceptors (Lipinski definition) is 1. The van der Waals surface area contributed by atoms with Crippen molar-refractivity contribution in [1.82, 2.24) is 10.2 Å². The van der Waals surface area contributed by atoms with Gasteiger partial charge in [-0.05, 0) is 20.8 Å². The molecule has 0 aliphatic rings. The Kier molecular flexibility index (Phi) is 1.77. The van der Waals surface area contributed by atoms with Crippen LogP contribution >= 0.6 is 0 Å². The average molecular weight is 134 g/mol. The van der Waals surface area contributed by atoms with E-state index < -0.39 is 0 Å². The summed E-state index contributed by atoms with van der Waals surface area (Å²) in [6, 6.07) is 0. The Morgan fingerprint density at radius 2 is 2.10 bits per heavy atom. The van der Waals surface area contributed by atoms with Crippen molar-refractivity contribution in [3.63, 3.8) is 0 Å². The molecule has 0 saturated heterocycles. The molecule has 0 radical (unpaired) electrons. The van der Waals surface area contributed by atoms with Crippen LogP contribution < -0.4 is 0 Å². The predicted molar refractivity (Wildman–Crippen MR) is 40.6 cm³/mol. The van der Waals surface area contributed by atoms with Gasteiger partial charge in [0.1, 0.15) is 0 Å². The minimum absolute atomic E-state index is 0.979. The highest BCUT2D eigenvalue weighted by molar-refractivity contribution is 5.39. The lowest BCUT2D eigenvalue weighted by Gasteiger charge is -1.84. The third-order valence-electron chi connectivity index (χ3n) is 1.38. The molecule has 1 rings (SSSR count). The molecule has 0 saturated carbocycles. The standard InChI is InChI=1S/C8H10N2/c1-4-5-8-6(2)9-10-7(8)3/h1-3H3,(H,9,10). The first kappa shape index (κ1) is 6.88. The van der Waals surface area contributed by atoms with Gasteiger partial charge in [0.2, 0.25) is 0 Å². The van der Waals surface area contributed by atoms with Crippen molar-refractivity contribution >= 4 is 0 Å². The van der Waals surface area contributed by atoms with Gasteiger partial charge in [-0.3, -0.25) is 5.10 Å². The fraction of sp³-hybridized carbons (Fsp3) is 0.375. The highest BCUT2D eigenvalue weighted by atomic mass is 15.1. The van der Waals surface area contributed by atoms with E-state index in [2.05, 4.69) is 22.0 Å². The molecule has 0 aliphatic heterocycles. The number of aromatic amines is 1. The molecule has 2 nitrogen and oxygen atoms in total. The van der Waals surface area contributed by atoms with E-state index in [-0.39, 0.29) is 0 Å². The van der Waals surface area contributed by atoms with Gasteiger partial charge in [0.05, 0.1) is 11.3 Å². The van der Waals surface area contributed by atoms with Gasteiger partial charge < -0.3 is 0 Å². The highest BCUT2D eigenvalue weighted by Crippen LogP contribution is 2.05. The van der Waals surface area contributed by atoms with E-state index in [1.54, 1.807) is 0 Å². The van der Waals surface area contributed by atoms with Crippen molar-refractivity contribution in [3.8, 4) is 11.8 Å². The summed E-state index contributed by atoms with van der Waals surface area (Å²) in [5, 5.41) is 6.88. The number of H-pyrrole nitrogens is 1. The lowest BCUT2D eigenvalue weighted by molar-refractivity contribution is 1.02. The van der Waals surface area contributed by atoms with Crippen molar-refractivity contribution < 1.29 is 0 Å². The number of hydrogen-bond donors (Lipinski definition) is 1. The minimum Gasteiger partial charge on any atom is -0.281 e. The number of nitrogens with one attached hydrogen (secondary N) is 1. The van der Waals surface area contributed by atoms with E-state index in [4.69, 9.17) is 0 Å². The fourth-order valence-electron chi connectivity index (χ4n) is 0.860. The molecular formula is C8H10N2. The van der Waals surface area contributed by atoms with Gasteiger partial charge >= 0.3 is 0 Å². The molecular weight excluding hydrogens is 124 g/mol. The third-order valence-corrected chi connectivity index (χ3v) is 1.38. The topological polar surface area (TPSA) is 28.7 Å². The zero-order valence-corrected chi connectivity index (χ0v) is 6.45. The van der Waals surface area contributed by atoms with Crippen LogP contribution in [0.2, 0.25) is 0 Å². The van der Waals surface area contributed by atoms with Crippen molar-refractivity contribution in [2.45, 2.75) is 20.8 Å². The molecule has 1 aromatic heterocycles. The molecule has 0 aliphatic carbocycles. The van der Waals surface area contributed by atoms with Crippen molar-refractivity contribution in [2.24, 2.45) is 0 Å². The molecule has 52 valence electrons. The van der Waals surface area contributed by atoms with Crippen LogP contribution in [0.5, 0.6) is 0 Å². The Bertz CT molecular complexity index is 266. The van der Waals surface area contributed by atoms with Gasteiger partial charge in [-0.2, -0.15) is 5.10 Å². The lowest BCUT2D eigenvalue weighted by Crippen LogP contribution is -1.77. The third kappa shape index (κ3) is 1.03. The van der Waals surface area contributed by atoms with Crippen LogP contribution in [0, 0.1) is 25.7 Å². The Morgan fingerprint density at radius 1 is 1.40 bits per heavy atom. The monoisotopic (exact) mass is 134 g/mol. The van der Waals surface area contributed by atoms with Crippen LogP contribution in [0.1, 0.15) is 23.9 Å². The lowest BCUT2D eigenvalue weighted by atomic mass is 10.2. The summed E-state index contributed by atoms with van der Waals surface area (Å²) in [6.07, 6.45) is 0. The Hall–Kier alpha value is -1.23. The van der Waals surface area contributed by atoms with Crippen LogP contribution in [-0.4, -0.2) is 10.2 Å². The minimum atomic E-state index is 0.979. The Labute approximate surface area is 60.7 Å². The first-order valence-electron chi connectivity index (χ1n) is 3.20. The van der Waals surface area contributed by atoms with Gasteiger partial charge in [-0.1, -0.05) is 5.92 Å². The summed E-state index contributed by atoms with van der Waals surface area (Å²) in [4.78, 5) is 0. The molecule has 0 fully saturated rings. The molecule has 0 aromatic carbocycles. The number of rotatable bonds is 0. The van der Waals surface area contributed by atoms with Gasteiger partial charge in [0.25, 0.3) is 0 Å². The van der Waals surface area contributed by atoms with Crippen molar-refractivity contribution in [3.05, 3.63) is 17.0 Å². The second-order valence-corrected chi connectivity index (χ2v) is 2.18. The second-order valence-electron chi connectivity index (χ2n) is 2.18. The predicted octanol–water partition coefficient (Wildman–Crippen LogP) is 1.40. The van der Waals surface area contributed by atoms with Gasteiger partial charge in [-0.15, -0.1) is 5.92 Å². The molecule has 0 amide bonds. The van der Waals surface area contributed by atoms with Gasteiger partial charge in [0.15, 0.2) is 0 Å². The molecule has 1 aromatic rings. The molecule has 1 heterocycles. The normalized spacial score (nSPS) is 8.70. The van der Waals surface area contributed by atoms with E-state index in [1.807, 2.05) is 20.8 Å². The van der Waals surface area contributed by atoms with E-state index in [1.165, 1.54) is 0 Å². The zero-order valence-electron chi connectivity index (χ0n) is 6.45. The largest absolute Gasteiger partial charge is 0.281 e. The average Bonchev–Trinajstić information content (AvgIpc) is 2.20. The van der Waals surface area contributed by atoms with Crippen LogP contribution in [0.3, 0.4) is 0 Å². The van der Waals surface area contributed by atoms with Crippen LogP contribution in [-0.2, 0) is 0 Å². The fourth-order valence-corrected chi connectivity index (χ4v) is 0.860. The number of aryl methyl sites for hydroxylation is 2. The summed E-state index contributed by atoms with van der Waals surface area (Å²) >= 11 is 0. The Balaban J connectivity index is 3.18. The summed E-state index contributed by atoms with van der Waals surface area (Å²) < 4.78 is 0. The molecule has 0 unspecified atom stereocenters. The van der Waals surface area contributed by atoms with E-state index in [0.717, 1.165) is 17.0 Å². The quantitative estimate of drug-likeness (QED) is 0.534. The molecule has 0 atom stereocenters. The maximum Gasteiger partial charge on any atom is 0.0750 e. The maximum absolute atomic E-state index is 4.01. The summed E-state index contributed by atoms with van der Waals surface area (Å²) in [6.45, 7) is 5.74. The van der Waals surface area contributed by atoms with Crippen LogP contribution in [0.25, 0.3) is 0 Å². The molecule has 0 spiro atoms. The zero-order chi connectivity index (χ0) is 7.56. The highest BCUT2D eigenvalue weighted by Gasteiger charge is 2.00. The van der Waals surface area contributed by atoms with Gasteiger partial charge in [-0.25, -0.2) is 0 Å². The van der Waals surface area contributed by atoms with Crippen LogP contribution in [0.4, 0.5) is 0 Å². The van der Waals surface area contributed by atoms with E-state index in [9.17, 15) is 0 Å². The number of nitrogens with zero attached hydrogens (tertiary/aromatic N) is 1. The van der Waals surface area contributed by atoms with Crippen LogP contribution in [0.15, 0.2) is 0 Å². The van der Waals surface area contributed by atoms with Crippen molar-refractivity contribution in [2.75, 3.05) is 0 Å². The first-order valence-corrected chi connectivity index (χ1v) is 3.20. The van der Waals surface area contributed by atoms with E-state index >= 15 is 0 Å². The SMILES string of the molecule is CC#Cc1c(C)n[nH]c1C. The summed E-state index contributed by atoms with van der Waals surface area (Å²) in [7, 11) is 0. The molecule has 0 bridgehead atoms. The maximum atomic E-state index is 4.01. The Morgan fingerprint density at radius 3 is 2.50 bits per heavy atom. The molecule has 2 heteroatoms. The summed E-state index contributed by atoms with van der Waals surface area (Å²) in [5.74, 6) is 5.82. The van der Waals surface area contributed by atoms with Crippen molar-refractivity contribution in [1.29, 1.82) is 0 Å². The smallest absolute Gasteiger partial charge is 0.0750 e. The molecule has 10 heavy (non-hydrogen) atoms. The number of aromatic nitrogens is 2.